The van der Waals surface area contributed by atoms with Gasteiger partial charge in [-0.2, -0.15) is 0 Å². The molecule has 18 heavy (non-hydrogen) atoms. The van der Waals surface area contributed by atoms with Crippen molar-refractivity contribution in [1.29, 1.82) is 0 Å². The normalized spacial score (nSPS) is 14.0. The van der Waals surface area contributed by atoms with Gasteiger partial charge in [-0.15, -0.1) is 0 Å². The van der Waals surface area contributed by atoms with E-state index in [-0.39, 0.29) is 17.9 Å². The summed E-state index contributed by atoms with van der Waals surface area (Å²) in [6, 6.07) is 8.27. The molecule has 3 nitrogen and oxygen atoms in total. The summed E-state index contributed by atoms with van der Waals surface area (Å²) in [6.07, 6.45) is 0. The summed E-state index contributed by atoms with van der Waals surface area (Å²) >= 11 is 3.53. The maximum atomic E-state index is 11.5. The van der Waals surface area contributed by atoms with Gasteiger partial charge >= 0.3 is 5.97 Å². The van der Waals surface area contributed by atoms with Gasteiger partial charge in [-0.25, -0.2) is 0 Å². The Morgan fingerprint density at radius 3 is 2.67 bits per heavy atom. The van der Waals surface area contributed by atoms with E-state index >= 15 is 0 Å². The monoisotopic (exact) mass is 313 g/mol. The van der Waals surface area contributed by atoms with Crippen molar-refractivity contribution < 1.29 is 9.53 Å². The molecule has 1 aromatic rings. The molecule has 1 unspecified atom stereocenters. The van der Waals surface area contributed by atoms with Gasteiger partial charge in [-0.1, -0.05) is 41.1 Å². The molecule has 1 aromatic carbocycles. The van der Waals surface area contributed by atoms with E-state index < -0.39 is 0 Å². The predicted octanol–water partition coefficient (Wildman–Crippen LogP) is 3.30. The minimum atomic E-state index is -0.149. The molecule has 0 saturated carbocycles. The van der Waals surface area contributed by atoms with Gasteiger partial charge in [0.25, 0.3) is 0 Å². The fraction of sp³-hybridized carbons (Fsp3) is 0.500. The van der Waals surface area contributed by atoms with E-state index in [2.05, 4.69) is 34.2 Å². The van der Waals surface area contributed by atoms with Crippen LogP contribution in [0.25, 0.3) is 0 Å². The SMILES string of the molecule is CCOC(=O)C(C)CN[C@@H](C)c1ccccc1Br. The molecular weight excluding hydrogens is 294 g/mol. The van der Waals surface area contributed by atoms with Crippen molar-refractivity contribution in [3.8, 4) is 0 Å². The Morgan fingerprint density at radius 1 is 1.39 bits per heavy atom. The fourth-order valence-corrected chi connectivity index (χ4v) is 2.29. The maximum Gasteiger partial charge on any atom is 0.309 e. The van der Waals surface area contributed by atoms with Crippen molar-refractivity contribution in [2.45, 2.75) is 26.8 Å². The van der Waals surface area contributed by atoms with Crippen molar-refractivity contribution in [1.82, 2.24) is 5.32 Å². The Kier molecular flexibility index (Phi) is 6.36. The van der Waals surface area contributed by atoms with Crippen LogP contribution < -0.4 is 5.32 Å². The molecule has 0 fully saturated rings. The summed E-state index contributed by atoms with van der Waals surface area (Å²) in [5.41, 5.74) is 1.19. The molecule has 0 saturated heterocycles. The predicted molar refractivity (Wildman–Crippen MR) is 76.4 cm³/mol. The molecule has 1 N–H and O–H groups in total. The average Bonchev–Trinajstić information content (AvgIpc) is 2.36. The lowest BCUT2D eigenvalue weighted by Crippen LogP contribution is -2.29. The Morgan fingerprint density at radius 2 is 2.06 bits per heavy atom. The minimum Gasteiger partial charge on any atom is -0.466 e. The molecule has 1 rings (SSSR count). The molecule has 4 heteroatoms. The minimum absolute atomic E-state index is 0.130. The number of rotatable bonds is 6. The standard InChI is InChI=1S/C14H20BrNO2/c1-4-18-14(17)10(2)9-16-11(3)12-7-5-6-8-13(12)15/h5-8,10-11,16H,4,9H2,1-3H3/t10?,11-/m0/s1. The molecule has 0 amide bonds. The first-order valence-corrected chi connectivity index (χ1v) is 7.00. The lowest BCUT2D eigenvalue weighted by molar-refractivity contribution is -0.147. The Hall–Kier alpha value is -0.870. The lowest BCUT2D eigenvalue weighted by Gasteiger charge is -2.18. The summed E-state index contributed by atoms with van der Waals surface area (Å²) in [7, 11) is 0. The molecule has 100 valence electrons. The number of hydrogen-bond donors (Lipinski definition) is 1. The number of esters is 1. The third kappa shape index (κ3) is 4.42. The van der Waals surface area contributed by atoms with Crippen LogP contribution in [0.2, 0.25) is 0 Å². The summed E-state index contributed by atoms with van der Waals surface area (Å²) in [5, 5.41) is 3.35. The number of nitrogens with one attached hydrogen (secondary N) is 1. The third-order valence-corrected chi connectivity index (χ3v) is 3.51. The van der Waals surface area contributed by atoms with E-state index in [0.29, 0.717) is 13.2 Å². The molecule has 0 bridgehead atoms. The number of carbonyl (C=O) groups excluding carboxylic acids is 1. The van der Waals surface area contributed by atoms with Crippen molar-refractivity contribution in [3.05, 3.63) is 34.3 Å². The summed E-state index contributed by atoms with van der Waals surface area (Å²) in [5.74, 6) is -0.279. The van der Waals surface area contributed by atoms with E-state index in [1.54, 1.807) is 0 Å². The van der Waals surface area contributed by atoms with Gasteiger partial charge in [0.15, 0.2) is 0 Å². The van der Waals surface area contributed by atoms with Crippen molar-refractivity contribution in [2.24, 2.45) is 5.92 Å². The first kappa shape index (κ1) is 15.2. The van der Waals surface area contributed by atoms with Gasteiger partial charge in [-0.05, 0) is 25.5 Å². The quantitative estimate of drug-likeness (QED) is 0.819. The number of carbonyl (C=O) groups is 1. The molecule has 0 spiro atoms. The Bertz CT molecular complexity index is 395. The third-order valence-electron chi connectivity index (χ3n) is 2.79. The first-order chi connectivity index (χ1) is 8.56. The molecular formula is C14H20BrNO2. The van der Waals surface area contributed by atoms with Gasteiger partial charge in [0.1, 0.15) is 0 Å². The highest BCUT2D eigenvalue weighted by Gasteiger charge is 2.15. The highest BCUT2D eigenvalue weighted by Crippen LogP contribution is 2.22. The van der Waals surface area contributed by atoms with Crippen LogP contribution in [0.1, 0.15) is 32.4 Å². The highest BCUT2D eigenvalue weighted by molar-refractivity contribution is 9.10. The van der Waals surface area contributed by atoms with Crippen LogP contribution in [0.15, 0.2) is 28.7 Å². The van der Waals surface area contributed by atoms with E-state index in [1.165, 1.54) is 5.56 Å². The van der Waals surface area contributed by atoms with E-state index in [9.17, 15) is 4.79 Å². The van der Waals surface area contributed by atoms with Crippen molar-refractivity contribution in [3.63, 3.8) is 0 Å². The molecule has 0 aliphatic rings. The van der Waals surface area contributed by atoms with Gasteiger partial charge in [-0.3, -0.25) is 4.79 Å². The largest absolute Gasteiger partial charge is 0.466 e. The van der Waals surface area contributed by atoms with Crippen LogP contribution in [0.5, 0.6) is 0 Å². The van der Waals surface area contributed by atoms with Crippen LogP contribution in [0, 0.1) is 5.92 Å². The molecule has 0 radical (unpaired) electrons. The van der Waals surface area contributed by atoms with Gasteiger partial charge in [0.2, 0.25) is 0 Å². The Labute approximate surface area is 117 Å². The van der Waals surface area contributed by atoms with Gasteiger partial charge in [0, 0.05) is 17.1 Å². The number of hydrogen-bond acceptors (Lipinski definition) is 3. The van der Waals surface area contributed by atoms with E-state index in [1.807, 2.05) is 32.0 Å². The van der Waals surface area contributed by atoms with Crippen LogP contribution in [-0.4, -0.2) is 19.1 Å². The van der Waals surface area contributed by atoms with E-state index in [0.717, 1.165) is 4.47 Å². The van der Waals surface area contributed by atoms with Crippen LogP contribution in [0.4, 0.5) is 0 Å². The molecule has 0 heterocycles. The summed E-state index contributed by atoms with van der Waals surface area (Å²) in [6.45, 7) is 6.82. The van der Waals surface area contributed by atoms with E-state index in [4.69, 9.17) is 4.74 Å². The van der Waals surface area contributed by atoms with Crippen LogP contribution >= 0.6 is 15.9 Å². The second kappa shape index (κ2) is 7.54. The van der Waals surface area contributed by atoms with Crippen molar-refractivity contribution in [2.75, 3.05) is 13.2 Å². The molecule has 0 aromatic heterocycles. The zero-order chi connectivity index (χ0) is 13.5. The van der Waals surface area contributed by atoms with Gasteiger partial charge in [0.05, 0.1) is 12.5 Å². The number of benzene rings is 1. The summed E-state index contributed by atoms with van der Waals surface area (Å²) < 4.78 is 6.05. The first-order valence-electron chi connectivity index (χ1n) is 6.20. The van der Waals surface area contributed by atoms with Crippen LogP contribution in [0.3, 0.4) is 0 Å². The Balaban J connectivity index is 2.49. The topological polar surface area (TPSA) is 38.3 Å². The zero-order valence-corrected chi connectivity index (χ0v) is 12.7. The number of halogens is 1. The lowest BCUT2D eigenvalue weighted by atomic mass is 10.1. The smallest absolute Gasteiger partial charge is 0.309 e. The van der Waals surface area contributed by atoms with Crippen LogP contribution in [-0.2, 0) is 9.53 Å². The molecule has 2 atom stereocenters. The fourth-order valence-electron chi connectivity index (χ4n) is 1.66. The van der Waals surface area contributed by atoms with Crippen molar-refractivity contribution >= 4 is 21.9 Å². The summed E-state index contributed by atoms with van der Waals surface area (Å²) in [4.78, 5) is 11.5. The second-order valence-corrected chi connectivity index (χ2v) is 5.16. The average molecular weight is 314 g/mol. The zero-order valence-electron chi connectivity index (χ0n) is 11.1. The highest BCUT2D eigenvalue weighted by atomic mass is 79.9. The second-order valence-electron chi connectivity index (χ2n) is 4.30. The maximum absolute atomic E-state index is 11.5. The van der Waals surface area contributed by atoms with Gasteiger partial charge < -0.3 is 10.1 Å². The molecule has 0 aliphatic heterocycles. The number of ether oxygens (including phenoxy) is 1. The molecule has 0 aliphatic carbocycles.